The lowest BCUT2D eigenvalue weighted by Crippen LogP contribution is -2.37. The number of benzene rings is 2. The molecule has 0 atom stereocenters. The SMILES string of the molecule is COc1ccc(Cc2nnc(C3CCN(S(=O)(=O)c4cccc([N+](=O)[O-])c4)CC3)s2)cc1. The molecule has 0 unspecified atom stereocenters. The van der Waals surface area contributed by atoms with Crippen LogP contribution in [0.15, 0.2) is 53.4 Å². The molecule has 0 amide bonds. The highest BCUT2D eigenvalue weighted by atomic mass is 32.2. The molecule has 1 aromatic heterocycles. The van der Waals surface area contributed by atoms with Gasteiger partial charge in [-0.25, -0.2) is 8.42 Å². The number of aromatic nitrogens is 2. The van der Waals surface area contributed by atoms with Crippen molar-refractivity contribution in [3.05, 3.63) is 74.2 Å². The molecule has 2 heterocycles. The summed E-state index contributed by atoms with van der Waals surface area (Å²) >= 11 is 1.56. The Balaban J connectivity index is 1.39. The summed E-state index contributed by atoms with van der Waals surface area (Å²) in [4.78, 5) is 10.3. The van der Waals surface area contributed by atoms with E-state index in [1.807, 2.05) is 24.3 Å². The van der Waals surface area contributed by atoms with Crippen molar-refractivity contribution >= 4 is 27.0 Å². The van der Waals surface area contributed by atoms with Gasteiger partial charge in [0, 0.05) is 37.6 Å². The van der Waals surface area contributed by atoms with E-state index in [-0.39, 0.29) is 16.5 Å². The van der Waals surface area contributed by atoms with Crippen molar-refractivity contribution in [2.24, 2.45) is 0 Å². The number of sulfonamides is 1. The van der Waals surface area contributed by atoms with Crippen LogP contribution in [0.3, 0.4) is 0 Å². The lowest BCUT2D eigenvalue weighted by molar-refractivity contribution is -0.385. The summed E-state index contributed by atoms with van der Waals surface area (Å²) in [5, 5.41) is 21.5. The van der Waals surface area contributed by atoms with E-state index in [2.05, 4.69) is 10.2 Å². The van der Waals surface area contributed by atoms with Gasteiger partial charge in [-0.1, -0.05) is 18.2 Å². The van der Waals surface area contributed by atoms with Gasteiger partial charge in [0.15, 0.2) is 0 Å². The Morgan fingerprint density at radius 2 is 1.88 bits per heavy atom. The number of non-ortho nitro benzene ring substituents is 1. The van der Waals surface area contributed by atoms with Crippen molar-refractivity contribution in [2.45, 2.75) is 30.1 Å². The molecular weight excluding hydrogens is 452 g/mol. The molecule has 0 spiro atoms. The number of piperidine rings is 1. The Hall–Kier alpha value is -2.89. The predicted octanol–water partition coefficient (Wildman–Crippen LogP) is 3.61. The molecule has 2 aromatic carbocycles. The summed E-state index contributed by atoms with van der Waals surface area (Å²) in [5.41, 5.74) is 0.880. The number of rotatable bonds is 7. The van der Waals surface area contributed by atoms with Crippen molar-refractivity contribution in [1.82, 2.24) is 14.5 Å². The molecule has 32 heavy (non-hydrogen) atoms. The fourth-order valence-corrected chi connectivity index (χ4v) is 6.23. The second-order valence-corrected chi connectivity index (χ2v) is 10.5. The maximum Gasteiger partial charge on any atom is 0.270 e. The van der Waals surface area contributed by atoms with Crippen molar-refractivity contribution in [1.29, 1.82) is 0 Å². The first-order chi connectivity index (χ1) is 15.4. The highest BCUT2D eigenvalue weighted by Crippen LogP contribution is 2.33. The molecule has 0 saturated carbocycles. The Kier molecular flexibility index (Phi) is 6.49. The second kappa shape index (κ2) is 9.31. The third kappa shape index (κ3) is 4.79. The number of nitro groups is 1. The van der Waals surface area contributed by atoms with Crippen LogP contribution in [0.2, 0.25) is 0 Å². The maximum atomic E-state index is 12.9. The highest BCUT2D eigenvalue weighted by molar-refractivity contribution is 7.89. The van der Waals surface area contributed by atoms with Crippen molar-refractivity contribution in [3.63, 3.8) is 0 Å². The molecular formula is C21H22N4O5S2. The summed E-state index contributed by atoms with van der Waals surface area (Å²) in [7, 11) is -2.15. The number of nitro benzene ring substituents is 1. The van der Waals surface area contributed by atoms with Crippen LogP contribution in [-0.4, -0.2) is 48.0 Å². The van der Waals surface area contributed by atoms with E-state index in [1.54, 1.807) is 18.4 Å². The average Bonchev–Trinajstić information content (AvgIpc) is 3.28. The molecule has 9 nitrogen and oxygen atoms in total. The largest absolute Gasteiger partial charge is 0.497 e. The fraction of sp³-hybridized carbons (Fsp3) is 0.333. The topological polar surface area (TPSA) is 116 Å². The van der Waals surface area contributed by atoms with Crippen LogP contribution in [0.5, 0.6) is 5.75 Å². The molecule has 1 saturated heterocycles. The standard InChI is InChI=1S/C21H22N4O5S2/c1-30-18-7-5-15(6-8-18)13-20-22-23-21(31-20)16-9-11-24(12-10-16)32(28,29)19-4-2-3-17(14-19)25(26)27/h2-8,14,16H,9-13H2,1H3. The van der Waals surface area contributed by atoms with Gasteiger partial charge in [0.05, 0.1) is 16.9 Å². The quantitative estimate of drug-likeness (QED) is 0.379. The zero-order valence-corrected chi connectivity index (χ0v) is 19.0. The maximum absolute atomic E-state index is 12.9. The van der Waals surface area contributed by atoms with Crippen LogP contribution in [-0.2, 0) is 16.4 Å². The predicted molar refractivity (Wildman–Crippen MR) is 120 cm³/mol. The average molecular weight is 475 g/mol. The van der Waals surface area contributed by atoms with Gasteiger partial charge in [0.25, 0.3) is 5.69 Å². The van der Waals surface area contributed by atoms with Gasteiger partial charge >= 0.3 is 0 Å². The minimum Gasteiger partial charge on any atom is -0.497 e. The molecule has 0 aliphatic carbocycles. The van der Waals surface area contributed by atoms with Crippen LogP contribution in [0.1, 0.15) is 34.3 Å². The second-order valence-electron chi connectivity index (χ2n) is 7.49. The molecule has 3 aromatic rings. The number of ether oxygens (including phenoxy) is 1. The van der Waals surface area contributed by atoms with Gasteiger partial charge in [-0.15, -0.1) is 21.5 Å². The highest BCUT2D eigenvalue weighted by Gasteiger charge is 2.32. The molecule has 1 aliphatic heterocycles. The van der Waals surface area contributed by atoms with Crippen LogP contribution >= 0.6 is 11.3 Å². The zero-order valence-electron chi connectivity index (χ0n) is 17.4. The molecule has 4 rings (SSSR count). The van der Waals surface area contributed by atoms with E-state index in [1.165, 1.54) is 22.5 Å². The van der Waals surface area contributed by atoms with Crippen LogP contribution in [0, 0.1) is 10.1 Å². The molecule has 0 bridgehead atoms. The summed E-state index contributed by atoms with van der Waals surface area (Å²) in [6.07, 6.45) is 1.94. The minimum absolute atomic E-state index is 0.0529. The third-order valence-electron chi connectivity index (χ3n) is 5.47. The first-order valence-corrected chi connectivity index (χ1v) is 12.3. The number of hydrogen-bond donors (Lipinski definition) is 0. The monoisotopic (exact) mass is 474 g/mol. The molecule has 168 valence electrons. The summed E-state index contributed by atoms with van der Waals surface area (Å²) in [6.45, 7) is 0.673. The van der Waals surface area contributed by atoms with E-state index in [0.717, 1.165) is 27.4 Å². The summed E-state index contributed by atoms with van der Waals surface area (Å²) in [6, 6.07) is 13.0. The van der Waals surface area contributed by atoms with Gasteiger partial charge in [-0.05, 0) is 36.6 Å². The molecule has 0 N–H and O–H groups in total. The van der Waals surface area contributed by atoms with E-state index in [9.17, 15) is 18.5 Å². The van der Waals surface area contributed by atoms with Crippen LogP contribution in [0.4, 0.5) is 5.69 Å². The summed E-state index contributed by atoms with van der Waals surface area (Å²) in [5.74, 6) is 0.951. The number of methoxy groups -OCH3 is 1. The van der Waals surface area contributed by atoms with Crippen LogP contribution < -0.4 is 4.74 Å². The lowest BCUT2D eigenvalue weighted by Gasteiger charge is -2.30. The Morgan fingerprint density at radius 3 is 2.53 bits per heavy atom. The van der Waals surface area contributed by atoms with E-state index in [4.69, 9.17) is 4.74 Å². The Labute approximate surface area is 189 Å². The van der Waals surface area contributed by atoms with Gasteiger partial charge in [0.1, 0.15) is 15.8 Å². The van der Waals surface area contributed by atoms with Crippen LogP contribution in [0.25, 0.3) is 0 Å². The molecule has 11 heteroatoms. The Bertz CT molecular complexity index is 1200. The number of nitrogens with zero attached hydrogens (tertiary/aromatic N) is 4. The van der Waals surface area contributed by atoms with E-state index in [0.29, 0.717) is 32.4 Å². The molecule has 1 aliphatic rings. The first kappa shape index (κ1) is 22.3. The van der Waals surface area contributed by atoms with Crippen molar-refractivity contribution in [2.75, 3.05) is 20.2 Å². The number of hydrogen-bond acceptors (Lipinski definition) is 8. The zero-order chi connectivity index (χ0) is 22.7. The van der Waals surface area contributed by atoms with Gasteiger partial charge in [-0.2, -0.15) is 4.31 Å². The smallest absolute Gasteiger partial charge is 0.270 e. The minimum atomic E-state index is -3.78. The first-order valence-electron chi connectivity index (χ1n) is 10.1. The normalized spacial score (nSPS) is 15.5. The van der Waals surface area contributed by atoms with E-state index >= 15 is 0 Å². The Morgan fingerprint density at radius 1 is 1.16 bits per heavy atom. The third-order valence-corrected chi connectivity index (χ3v) is 8.45. The molecule has 1 fully saturated rings. The van der Waals surface area contributed by atoms with E-state index < -0.39 is 14.9 Å². The van der Waals surface area contributed by atoms with Gasteiger partial charge < -0.3 is 4.74 Å². The van der Waals surface area contributed by atoms with Crippen molar-refractivity contribution in [3.8, 4) is 5.75 Å². The van der Waals surface area contributed by atoms with Gasteiger partial charge in [-0.3, -0.25) is 10.1 Å². The fourth-order valence-electron chi connectivity index (χ4n) is 3.67. The molecule has 0 radical (unpaired) electrons. The lowest BCUT2D eigenvalue weighted by atomic mass is 9.99. The van der Waals surface area contributed by atoms with Gasteiger partial charge in [0.2, 0.25) is 10.0 Å². The summed E-state index contributed by atoms with van der Waals surface area (Å²) < 4.78 is 32.4. The van der Waals surface area contributed by atoms with Crippen molar-refractivity contribution < 1.29 is 18.1 Å².